The minimum atomic E-state index is -0.968. The molecule has 1 amide bonds. The zero-order chi connectivity index (χ0) is 25.2. The summed E-state index contributed by atoms with van der Waals surface area (Å²) >= 11 is 0. The van der Waals surface area contributed by atoms with Gasteiger partial charge in [-0.05, 0) is 35.9 Å². The lowest BCUT2D eigenvalue weighted by molar-refractivity contribution is -0.136. The lowest BCUT2D eigenvalue weighted by atomic mass is 10.0. The van der Waals surface area contributed by atoms with E-state index < -0.39 is 5.97 Å². The molecule has 0 atom stereocenters. The Bertz CT molecular complexity index is 1120. The van der Waals surface area contributed by atoms with Crippen LogP contribution in [0.1, 0.15) is 24.8 Å². The summed E-state index contributed by atoms with van der Waals surface area (Å²) in [5.74, 6) is 5.95. The van der Waals surface area contributed by atoms with Crippen molar-refractivity contribution in [2.45, 2.75) is 25.4 Å². The maximum absolute atomic E-state index is 11.9. The summed E-state index contributed by atoms with van der Waals surface area (Å²) in [7, 11) is 1.60. The largest absolute Gasteiger partial charge is 0.496 e. The molecule has 0 aromatic heterocycles. The molecule has 2 aromatic rings. The van der Waals surface area contributed by atoms with E-state index in [0.717, 1.165) is 11.1 Å². The van der Waals surface area contributed by atoms with Gasteiger partial charge < -0.3 is 25.3 Å². The highest BCUT2D eigenvalue weighted by molar-refractivity contribution is 6.00. The van der Waals surface area contributed by atoms with Crippen LogP contribution in [0.25, 0.3) is 11.1 Å². The molecule has 1 heterocycles. The van der Waals surface area contributed by atoms with E-state index >= 15 is 0 Å². The second-order valence-corrected chi connectivity index (χ2v) is 7.85. The van der Waals surface area contributed by atoms with Gasteiger partial charge in [0, 0.05) is 37.1 Å². The first-order valence-electron chi connectivity index (χ1n) is 11.2. The third-order valence-corrected chi connectivity index (χ3v) is 5.53. The Balaban J connectivity index is 1.90. The van der Waals surface area contributed by atoms with Crippen LogP contribution < -0.4 is 15.3 Å². The number of azo groups is 1. The van der Waals surface area contributed by atoms with Gasteiger partial charge in [0.1, 0.15) is 17.6 Å². The number of nitrogens with two attached hydrogens (primary N) is 1. The number of nitrogens with zero attached hydrogens (tertiary/aromatic N) is 4. The quantitative estimate of drug-likeness (QED) is 0.141. The second kappa shape index (κ2) is 12.3. The highest BCUT2D eigenvalue weighted by Gasteiger charge is 2.23. The van der Waals surface area contributed by atoms with Gasteiger partial charge in [-0.3, -0.25) is 9.59 Å². The molecule has 2 aromatic carbocycles. The van der Waals surface area contributed by atoms with Crippen LogP contribution in [0.2, 0.25) is 0 Å². The number of benzene rings is 2. The van der Waals surface area contributed by atoms with Crippen LogP contribution in [0.15, 0.2) is 70.4 Å². The lowest BCUT2D eigenvalue weighted by Crippen LogP contribution is -2.41. The highest BCUT2D eigenvalue weighted by atomic mass is 16.5. The van der Waals surface area contributed by atoms with Crippen LogP contribution in [0.4, 0.5) is 0 Å². The Morgan fingerprint density at radius 1 is 1.23 bits per heavy atom. The Hall–Kier alpha value is -4.21. The van der Waals surface area contributed by atoms with Crippen LogP contribution in [0, 0.1) is 0 Å². The molecular formula is C25H29N5O5. The Morgan fingerprint density at radius 2 is 1.97 bits per heavy atom. The fourth-order valence-electron chi connectivity index (χ4n) is 3.77. The summed E-state index contributed by atoms with van der Waals surface area (Å²) in [6.45, 7) is 4.72. The average molecular weight is 480 g/mol. The van der Waals surface area contributed by atoms with Crippen molar-refractivity contribution >= 4 is 17.7 Å². The Labute approximate surface area is 203 Å². The number of piperidine rings is 1. The molecule has 0 saturated carbocycles. The minimum Gasteiger partial charge on any atom is -0.496 e. The number of hydrogen-bond donors (Lipinski definition) is 2. The van der Waals surface area contributed by atoms with E-state index in [0.29, 0.717) is 43.0 Å². The van der Waals surface area contributed by atoms with Crippen LogP contribution in [0.3, 0.4) is 0 Å². The summed E-state index contributed by atoms with van der Waals surface area (Å²) < 4.78 is 11.8. The molecule has 10 nitrogen and oxygen atoms in total. The normalized spacial score (nSPS) is 14.7. The molecule has 10 heteroatoms. The van der Waals surface area contributed by atoms with Crippen LogP contribution in [0.5, 0.6) is 11.5 Å². The van der Waals surface area contributed by atoms with Crippen LogP contribution in [-0.2, 0) is 9.59 Å². The van der Waals surface area contributed by atoms with E-state index in [1.165, 1.54) is 6.08 Å². The van der Waals surface area contributed by atoms with Gasteiger partial charge in [0.25, 0.3) is 0 Å². The van der Waals surface area contributed by atoms with Crippen molar-refractivity contribution in [1.29, 1.82) is 0 Å². The summed E-state index contributed by atoms with van der Waals surface area (Å²) in [6.07, 6.45) is 2.45. The second-order valence-electron chi connectivity index (χ2n) is 7.85. The van der Waals surface area contributed by atoms with Gasteiger partial charge in [0.05, 0.1) is 20.1 Å². The average Bonchev–Trinajstić information content (AvgIpc) is 2.88. The SMILES string of the molecule is C=CC(=O)N1CCC(Oc2cc(/C(N=NCCC(=O)O)=N/N)cc(-c3ccccc3OC)c2)CC1. The Kier molecular flexibility index (Phi) is 8.94. The number of amides is 1. The molecule has 35 heavy (non-hydrogen) atoms. The summed E-state index contributed by atoms with van der Waals surface area (Å²) in [5.41, 5.74) is 2.20. The van der Waals surface area contributed by atoms with Gasteiger partial charge in [-0.1, -0.05) is 24.8 Å². The first-order chi connectivity index (χ1) is 16.9. The number of carbonyl (C=O) groups excluding carboxylic acids is 1. The van der Waals surface area contributed by atoms with E-state index in [2.05, 4.69) is 21.9 Å². The summed E-state index contributed by atoms with van der Waals surface area (Å²) in [6, 6.07) is 13.1. The monoisotopic (exact) mass is 479 g/mol. The number of amidine groups is 1. The number of hydrogen-bond acceptors (Lipinski definition) is 7. The van der Waals surface area contributed by atoms with Crippen molar-refractivity contribution in [2.75, 3.05) is 26.7 Å². The van der Waals surface area contributed by atoms with Crippen LogP contribution in [-0.4, -0.2) is 60.6 Å². The molecule has 3 rings (SSSR count). The zero-order valence-electron chi connectivity index (χ0n) is 19.6. The molecule has 0 unspecified atom stereocenters. The van der Waals surface area contributed by atoms with Crippen molar-refractivity contribution in [3.63, 3.8) is 0 Å². The van der Waals surface area contributed by atoms with Gasteiger partial charge in [-0.15, -0.1) is 5.11 Å². The van der Waals surface area contributed by atoms with Gasteiger partial charge in [0.15, 0.2) is 5.84 Å². The molecule has 0 aliphatic carbocycles. The van der Waals surface area contributed by atoms with E-state index in [-0.39, 0.29) is 30.8 Å². The number of hydrazone groups is 1. The van der Waals surface area contributed by atoms with Gasteiger partial charge in [0.2, 0.25) is 5.91 Å². The van der Waals surface area contributed by atoms with E-state index in [9.17, 15) is 9.59 Å². The maximum atomic E-state index is 11.9. The molecule has 1 saturated heterocycles. The maximum Gasteiger partial charge on any atom is 0.305 e. The lowest BCUT2D eigenvalue weighted by Gasteiger charge is -2.31. The highest BCUT2D eigenvalue weighted by Crippen LogP contribution is 2.34. The van der Waals surface area contributed by atoms with E-state index in [4.69, 9.17) is 20.4 Å². The molecule has 0 radical (unpaired) electrons. The topological polar surface area (TPSA) is 139 Å². The van der Waals surface area contributed by atoms with Gasteiger partial charge in [-0.2, -0.15) is 10.2 Å². The summed E-state index contributed by atoms with van der Waals surface area (Å²) in [4.78, 5) is 24.4. The third-order valence-electron chi connectivity index (χ3n) is 5.53. The van der Waals surface area contributed by atoms with Crippen molar-refractivity contribution in [3.05, 3.63) is 60.7 Å². The van der Waals surface area contributed by atoms with Gasteiger partial charge >= 0.3 is 5.97 Å². The van der Waals surface area contributed by atoms with Gasteiger partial charge in [-0.25, -0.2) is 0 Å². The molecule has 184 valence electrons. The van der Waals surface area contributed by atoms with Crippen LogP contribution >= 0.6 is 0 Å². The first-order valence-corrected chi connectivity index (χ1v) is 11.2. The molecule has 1 aliphatic heterocycles. The predicted octanol–water partition coefficient (Wildman–Crippen LogP) is 3.47. The molecule has 0 bridgehead atoms. The molecule has 1 aliphatic rings. The van der Waals surface area contributed by atoms with Crippen molar-refractivity contribution in [2.24, 2.45) is 21.2 Å². The summed E-state index contributed by atoms with van der Waals surface area (Å²) in [5, 5.41) is 20.5. The minimum absolute atomic E-state index is 0.00587. The number of aliphatic carboxylic acids is 1. The molecule has 3 N–H and O–H groups in total. The smallest absolute Gasteiger partial charge is 0.305 e. The predicted molar refractivity (Wildman–Crippen MR) is 132 cm³/mol. The number of rotatable bonds is 9. The number of para-hydroxylation sites is 1. The van der Waals surface area contributed by atoms with E-state index in [1.54, 1.807) is 18.1 Å². The standard InChI is InChI=1S/C25H29N5O5/c1-3-23(31)30-12-9-19(10-13-30)35-20-15-17(21-6-4-5-7-22(21)34-2)14-18(16-20)25(28-26)29-27-11-8-24(32)33/h3-7,14-16,19H,1,8-13,26H2,2H3,(H,32,33)/b28-25-,29-27?. The van der Waals surface area contributed by atoms with Crippen molar-refractivity contribution < 1.29 is 24.2 Å². The van der Waals surface area contributed by atoms with E-state index in [1.807, 2.05) is 36.4 Å². The number of carboxylic acid groups (broad SMARTS) is 1. The third kappa shape index (κ3) is 6.89. The number of ether oxygens (including phenoxy) is 2. The number of likely N-dealkylation sites (tertiary alicyclic amines) is 1. The fourth-order valence-corrected chi connectivity index (χ4v) is 3.77. The molecule has 1 fully saturated rings. The molecule has 0 spiro atoms. The van der Waals surface area contributed by atoms with Crippen molar-refractivity contribution in [3.8, 4) is 22.6 Å². The Morgan fingerprint density at radius 3 is 2.63 bits per heavy atom. The number of carbonyl (C=O) groups is 2. The first kappa shape index (κ1) is 25.4. The zero-order valence-corrected chi connectivity index (χ0v) is 19.6. The number of methoxy groups -OCH3 is 1. The number of carboxylic acids is 1. The van der Waals surface area contributed by atoms with Crippen molar-refractivity contribution in [1.82, 2.24) is 4.90 Å². The molecular weight excluding hydrogens is 450 g/mol. The fraction of sp³-hybridized carbons (Fsp3) is 0.320.